The number of benzene rings is 1. The van der Waals surface area contributed by atoms with Crippen LogP contribution >= 0.6 is 11.6 Å². The average Bonchev–Trinajstić information content (AvgIpc) is 2.70. The van der Waals surface area contributed by atoms with Gasteiger partial charge in [-0.05, 0) is 45.0 Å². The first-order valence-corrected chi connectivity index (χ1v) is 6.80. The number of ketones is 1. The van der Waals surface area contributed by atoms with Gasteiger partial charge in [-0.25, -0.2) is 4.79 Å². The van der Waals surface area contributed by atoms with E-state index in [2.05, 4.69) is 0 Å². The topological polar surface area (TPSA) is 56.5 Å². The predicted molar refractivity (Wildman–Crippen MR) is 79.0 cm³/mol. The predicted octanol–water partition coefficient (Wildman–Crippen LogP) is 3.90. The van der Waals surface area contributed by atoms with E-state index < -0.39 is 5.97 Å². The summed E-state index contributed by atoms with van der Waals surface area (Å²) >= 11 is 5.75. The fraction of sp³-hybridized carbons (Fsp3) is 0.250. The van der Waals surface area contributed by atoms with Crippen molar-refractivity contribution in [1.29, 1.82) is 0 Å². The van der Waals surface area contributed by atoms with Crippen molar-refractivity contribution in [2.45, 2.75) is 20.8 Å². The van der Waals surface area contributed by atoms with Crippen molar-refractivity contribution in [3.05, 3.63) is 57.5 Å². The van der Waals surface area contributed by atoms with Gasteiger partial charge in [0.1, 0.15) is 17.1 Å². The van der Waals surface area contributed by atoms with Gasteiger partial charge in [0.15, 0.2) is 12.4 Å². The molecule has 0 saturated heterocycles. The summed E-state index contributed by atoms with van der Waals surface area (Å²) < 4.78 is 10.4. The lowest BCUT2D eigenvalue weighted by Crippen LogP contribution is -2.15. The maximum atomic E-state index is 12.0. The van der Waals surface area contributed by atoms with Crippen LogP contribution in [0.4, 0.5) is 0 Å². The van der Waals surface area contributed by atoms with Crippen LogP contribution in [0.3, 0.4) is 0 Å². The molecule has 1 aromatic heterocycles. The number of rotatable bonds is 4. The number of esters is 1. The Morgan fingerprint density at radius 3 is 2.24 bits per heavy atom. The van der Waals surface area contributed by atoms with Crippen LogP contribution in [0.15, 0.2) is 28.7 Å². The molecule has 0 bridgehead atoms. The van der Waals surface area contributed by atoms with Crippen molar-refractivity contribution in [3.63, 3.8) is 0 Å². The van der Waals surface area contributed by atoms with Crippen molar-refractivity contribution in [2.24, 2.45) is 0 Å². The molecule has 0 radical (unpaired) electrons. The highest BCUT2D eigenvalue weighted by Crippen LogP contribution is 2.21. The second kappa shape index (κ2) is 6.14. The molecule has 0 aliphatic heterocycles. The van der Waals surface area contributed by atoms with E-state index in [0.29, 0.717) is 27.7 Å². The Labute approximate surface area is 127 Å². The molecule has 0 spiro atoms. The average molecular weight is 307 g/mol. The Balaban J connectivity index is 2.04. The van der Waals surface area contributed by atoms with E-state index >= 15 is 0 Å². The van der Waals surface area contributed by atoms with Gasteiger partial charge in [-0.1, -0.05) is 11.6 Å². The fourth-order valence-electron chi connectivity index (χ4n) is 2.02. The van der Waals surface area contributed by atoms with Crippen molar-refractivity contribution in [1.82, 2.24) is 0 Å². The van der Waals surface area contributed by atoms with Gasteiger partial charge in [-0.15, -0.1) is 0 Å². The highest BCUT2D eigenvalue weighted by atomic mass is 35.5. The van der Waals surface area contributed by atoms with Gasteiger partial charge in [-0.3, -0.25) is 4.79 Å². The molecule has 0 aliphatic carbocycles. The van der Waals surface area contributed by atoms with Crippen LogP contribution < -0.4 is 0 Å². The summed E-state index contributed by atoms with van der Waals surface area (Å²) in [5, 5.41) is 0.545. The standard InChI is InChI=1S/C16H15ClO4/c1-9-10(2)21-11(3)15(9)16(19)20-8-14(18)12-4-6-13(17)7-5-12/h4-7H,8H2,1-3H3. The van der Waals surface area contributed by atoms with E-state index in [4.69, 9.17) is 20.8 Å². The van der Waals surface area contributed by atoms with Gasteiger partial charge >= 0.3 is 5.97 Å². The molecular weight excluding hydrogens is 292 g/mol. The van der Waals surface area contributed by atoms with Gasteiger partial charge in [0.2, 0.25) is 0 Å². The van der Waals surface area contributed by atoms with Crippen LogP contribution in [0.2, 0.25) is 5.02 Å². The Kier molecular flexibility index (Phi) is 4.48. The highest BCUT2D eigenvalue weighted by Gasteiger charge is 2.20. The number of halogens is 1. The molecule has 0 unspecified atom stereocenters. The second-order valence-corrected chi connectivity index (χ2v) is 5.16. The zero-order valence-electron chi connectivity index (χ0n) is 12.0. The van der Waals surface area contributed by atoms with E-state index in [1.807, 2.05) is 0 Å². The maximum absolute atomic E-state index is 12.0. The van der Waals surface area contributed by atoms with Crippen molar-refractivity contribution in [2.75, 3.05) is 6.61 Å². The molecule has 0 amide bonds. The van der Waals surface area contributed by atoms with E-state index in [9.17, 15) is 9.59 Å². The third-order valence-electron chi connectivity index (χ3n) is 3.27. The number of hydrogen-bond donors (Lipinski definition) is 0. The minimum Gasteiger partial charge on any atom is -0.465 e. The SMILES string of the molecule is Cc1oc(C)c(C(=O)OCC(=O)c2ccc(Cl)cc2)c1C. The molecule has 0 saturated carbocycles. The first-order chi connectivity index (χ1) is 9.90. The van der Waals surface area contributed by atoms with Gasteiger partial charge in [0.25, 0.3) is 0 Å². The molecule has 0 fully saturated rings. The Hall–Kier alpha value is -2.07. The molecule has 0 atom stereocenters. The third-order valence-corrected chi connectivity index (χ3v) is 3.52. The van der Waals surface area contributed by atoms with Crippen LogP contribution in [0.25, 0.3) is 0 Å². The normalized spacial score (nSPS) is 10.5. The number of furan rings is 1. The lowest BCUT2D eigenvalue weighted by atomic mass is 10.1. The minimum absolute atomic E-state index is 0.282. The molecule has 5 heteroatoms. The van der Waals surface area contributed by atoms with Gasteiger partial charge in [-0.2, -0.15) is 0 Å². The Bertz CT molecular complexity index is 683. The van der Waals surface area contributed by atoms with Crippen molar-refractivity contribution < 1.29 is 18.7 Å². The van der Waals surface area contributed by atoms with Gasteiger partial charge in [0.05, 0.1) is 0 Å². The summed E-state index contributed by atoms with van der Waals surface area (Å²) in [5.74, 6) is 0.331. The lowest BCUT2D eigenvalue weighted by molar-refractivity contribution is 0.0472. The number of Topliss-reactive ketones (excluding diaryl/α,β-unsaturated/α-hetero) is 1. The van der Waals surface area contributed by atoms with Crippen LogP contribution in [-0.4, -0.2) is 18.4 Å². The second-order valence-electron chi connectivity index (χ2n) is 4.72. The van der Waals surface area contributed by atoms with Crippen LogP contribution in [0.1, 0.15) is 37.8 Å². The summed E-state index contributed by atoms with van der Waals surface area (Å²) in [6.07, 6.45) is 0. The molecule has 110 valence electrons. The first kappa shape index (κ1) is 15.3. The summed E-state index contributed by atoms with van der Waals surface area (Å²) in [5.41, 5.74) is 1.57. The molecule has 0 N–H and O–H groups in total. The molecule has 4 nitrogen and oxygen atoms in total. The zero-order valence-corrected chi connectivity index (χ0v) is 12.8. The molecule has 1 heterocycles. The Morgan fingerprint density at radius 2 is 1.71 bits per heavy atom. The molecule has 21 heavy (non-hydrogen) atoms. The molecule has 2 rings (SSSR count). The van der Waals surface area contributed by atoms with Crippen LogP contribution in [0, 0.1) is 20.8 Å². The number of carbonyl (C=O) groups is 2. The molecular formula is C16H15ClO4. The molecule has 1 aromatic carbocycles. The number of aryl methyl sites for hydroxylation is 2. The number of ether oxygens (including phenoxy) is 1. The fourth-order valence-corrected chi connectivity index (χ4v) is 2.14. The zero-order chi connectivity index (χ0) is 15.6. The monoisotopic (exact) mass is 306 g/mol. The molecule has 2 aromatic rings. The number of carbonyl (C=O) groups excluding carboxylic acids is 2. The van der Waals surface area contributed by atoms with Crippen LogP contribution in [0.5, 0.6) is 0 Å². The number of hydrogen-bond acceptors (Lipinski definition) is 4. The van der Waals surface area contributed by atoms with E-state index in [0.717, 1.165) is 5.56 Å². The summed E-state index contributed by atoms with van der Waals surface area (Å²) in [4.78, 5) is 24.0. The Morgan fingerprint density at radius 1 is 1.10 bits per heavy atom. The molecule has 0 aliphatic rings. The lowest BCUT2D eigenvalue weighted by Gasteiger charge is -2.04. The largest absolute Gasteiger partial charge is 0.465 e. The smallest absolute Gasteiger partial charge is 0.342 e. The first-order valence-electron chi connectivity index (χ1n) is 6.42. The summed E-state index contributed by atoms with van der Waals surface area (Å²) in [6.45, 7) is 4.93. The summed E-state index contributed by atoms with van der Waals surface area (Å²) in [6, 6.07) is 6.42. The van der Waals surface area contributed by atoms with E-state index in [1.54, 1.807) is 45.0 Å². The third kappa shape index (κ3) is 3.34. The summed E-state index contributed by atoms with van der Waals surface area (Å²) in [7, 11) is 0. The van der Waals surface area contributed by atoms with Gasteiger partial charge in [0, 0.05) is 16.1 Å². The van der Waals surface area contributed by atoms with E-state index in [1.165, 1.54) is 0 Å². The minimum atomic E-state index is -0.552. The van der Waals surface area contributed by atoms with E-state index in [-0.39, 0.29) is 12.4 Å². The van der Waals surface area contributed by atoms with Crippen molar-refractivity contribution in [3.8, 4) is 0 Å². The highest BCUT2D eigenvalue weighted by molar-refractivity contribution is 6.30. The van der Waals surface area contributed by atoms with Crippen LogP contribution in [-0.2, 0) is 4.74 Å². The van der Waals surface area contributed by atoms with Crippen molar-refractivity contribution >= 4 is 23.4 Å². The maximum Gasteiger partial charge on any atom is 0.342 e. The quantitative estimate of drug-likeness (QED) is 0.635. The van der Waals surface area contributed by atoms with Gasteiger partial charge < -0.3 is 9.15 Å².